The highest BCUT2D eigenvalue weighted by atomic mass is 32.2. The zero-order valence-electron chi connectivity index (χ0n) is 14.3. The minimum Gasteiger partial charge on any atom is -0.471 e. The molecular weight excluding hydrogens is 371 g/mol. The van der Waals surface area contributed by atoms with Crippen molar-refractivity contribution in [1.82, 2.24) is 4.98 Å². The van der Waals surface area contributed by atoms with E-state index >= 15 is 0 Å². The Labute approximate surface area is 149 Å². The Balaban J connectivity index is 2.55. The maximum absolute atomic E-state index is 13.0. The summed E-state index contributed by atoms with van der Waals surface area (Å²) in [7, 11) is -3.43. The molecule has 1 aromatic carbocycles. The number of nitrogens with zero attached hydrogens (tertiary/aromatic N) is 1. The first-order chi connectivity index (χ1) is 11.9. The molecule has 0 aliphatic rings. The van der Waals surface area contributed by atoms with Gasteiger partial charge in [-0.25, -0.2) is 13.4 Å². The highest BCUT2D eigenvalue weighted by molar-refractivity contribution is 7.90. The van der Waals surface area contributed by atoms with Crippen LogP contribution < -0.4 is 4.74 Å². The molecule has 2 aromatic rings. The number of sulfone groups is 1. The second-order valence-corrected chi connectivity index (χ2v) is 7.95. The van der Waals surface area contributed by atoms with Crippen LogP contribution in [0.5, 0.6) is 5.88 Å². The summed E-state index contributed by atoms with van der Waals surface area (Å²) in [4.78, 5) is 3.79. The first-order valence-electron chi connectivity index (χ1n) is 7.62. The van der Waals surface area contributed by atoms with E-state index in [1.807, 2.05) is 0 Å². The average molecular weight is 389 g/mol. The number of benzene rings is 1. The molecule has 0 saturated carbocycles. The fourth-order valence-electron chi connectivity index (χ4n) is 2.06. The standard InChI is InChI=1S/C17H18F3NO4S/c1-10(22)11(2)25-16-15(8-13(9-21-16)17(18,19)20)12-4-6-14(7-5-12)26(3,23)24/h4-11,22H,1-3H3/t10-,11+/m0/s1. The summed E-state index contributed by atoms with van der Waals surface area (Å²) in [6.07, 6.45) is -4.47. The zero-order chi connectivity index (χ0) is 19.7. The number of pyridine rings is 1. The third-order valence-corrected chi connectivity index (χ3v) is 4.88. The minimum atomic E-state index is -4.59. The molecule has 26 heavy (non-hydrogen) atoms. The van der Waals surface area contributed by atoms with Crippen molar-refractivity contribution in [2.24, 2.45) is 0 Å². The number of aliphatic hydroxyl groups excluding tert-OH is 1. The van der Waals surface area contributed by atoms with Gasteiger partial charge in [0.15, 0.2) is 9.84 Å². The molecule has 0 aliphatic carbocycles. The third-order valence-electron chi connectivity index (χ3n) is 3.75. The van der Waals surface area contributed by atoms with E-state index in [9.17, 15) is 26.7 Å². The molecule has 0 bridgehead atoms. The van der Waals surface area contributed by atoms with Crippen LogP contribution in [0, 0.1) is 0 Å². The Hall–Kier alpha value is -2.13. The molecule has 0 fully saturated rings. The van der Waals surface area contributed by atoms with Gasteiger partial charge in [-0.05, 0) is 37.6 Å². The number of rotatable bonds is 5. The number of aromatic nitrogens is 1. The van der Waals surface area contributed by atoms with Gasteiger partial charge < -0.3 is 9.84 Å². The van der Waals surface area contributed by atoms with Gasteiger partial charge in [0.1, 0.15) is 6.10 Å². The van der Waals surface area contributed by atoms with Crippen LogP contribution in [0.15, 0.2) is 41.4 Å². The maximum atomic E-state index is 13.0. The lowest BCUT2D eigenvalue weighted by Crippen LogP contribution is -2.26. The van der Waals surface area contributed by atoms with Gasteiger partial charge in [-0.15, -0.1) is 0 Å². The van der Waals surface area contributed by atoms with Crippen molar-refractivity contribution in [3.8, 4) is 17.0 Å². The fraction of sp³-hybridized carbons (Fsp3) is 0.353. The van der Waals surface area contributed by atoms with Gasteiger partial charge in [0.2, 0.25) is 5.88 Å². The number of alkyl halides is 3. The van der Waals surface area contributed by atoms with Gasteiger partial charge in [-0.3, -0.25) is 0 Å². The lowest BCUT2D eigenvalue weighted by Gasteiger charge is -2.19. The Kier molecular flexibility index (Phi) is 5.62. The Morgan fingerprint density at radius 3 is 2.19 bits per heavy atom. The van der Waals surface area contributed by atoms with Crippen molar-refractivity contribution < 1.29 is 31.4 Å². The van der Waals surface area contributed by atoms with E-state index in [0.717, 1.165) is 12.3 Å². The highest BCUT2D eigenvalue weighted by Crippen LogP contribution is 2.36. The van der Waals surface area contributed by atoms with E-state index < -0.39 is 33.8 Å². The first kappa shape index (κ1) is 20.2. The monoisotopic (exact) mass is 389 g/mol. The molecule has 5 nitrogen and oxygen atoms in total. The largest absolute Gasteiger partial charge is 0.471 e. The molecule has 2 atom stereocenters. The molecule has 0 amide bonds. The normalized spacial score (nSPS) is 14.7. The molecule has 0 unspecified atom stereocenters. The van der Waals surface area contributed by atoms with Crippen molar-refractivity contribution in [1.29, 1.82) is 0 Å². The fourth-order valence-corrected chi connectivity index (χ4v) is 2.69. The number of hydrogen-bond acceptors (Lipinski definition) is 5. The summed E-state index contributed by atoms with van der Waals surface area (Å²) < 4.78 is 67.6. The van der Waals surface area contributed by atoms with Gasteiger partial charge >= 0.3 is 6.18 Å². The van der Waals surface area contributed by atoms with Crippen LogP contribution in [0.2, 0.25) is 0 Å². The van der Waals surface area contributed by atoms with E-state index in [-0.39, 0.29) is 16.3 Å². The molecule has 0 radical (unpaired) electrons. The third kappa shape index (κ3) is 4.73. The summed E-state index contributed by atoms with van der Waals surface area (Å²) in [5.74, 6) is -0.0847. The quantitative estimate of drug-likeness (QED) is 0.849. The van der Waals surface area contributed by atoms with Gasteiger partial charge in [-0.2, -0.15) is 13.2 Å². The van der Waals surface area contributed by atoms with Gasteiger partial charge in [0.05, 0.1) is 16.6 Å². The van der Waals surface area contributed by atoms with Crippen LogP contribution in [0.1, 0.15) is 19.4 Å². The summed E-state index contributed by atoms with van der Waals surface area (Å²) in [5, 5.41) is 9.55. The predicted molar refractivity (Wildman–Crippen MR) is 89.6 cm³/mol. The van der Waals surface area contributed by atoms with Crippen LogP contribution in [0.25, 0.3) is 11.1 Å². The molecule has 0 spiro atoms. The Morgan fingerprint density at radius 1 is 1.15 bits per heavy atom. The second kappa shape index (κ2) is 7.24. The highest BCUT2D eigenvalue weighted by Gasteiger charge is 2.32. The van der Waals surface area contributed by atoms with E-state index in [1.54, 1.807) is 6.92 Å². The van der Waals surface area contributed by atoms with Crippen LogP contribution in [-0.4, -0.2) is 37.0 Å². The molecule has 0 saturated heterocycles. The summed E-state index contributed by atoms with van der Waals surface area (Å²) >= 11 is 0. The van der Waals surface area contributed by atoms with E-state index in [2.05, 4.69) is 4.98 Å². The summed E-state index contributed by atoms with van der Waals surface area (Å²) in [6.45, 7) is 3.04. The van der Waals surface area contributed by atoms with Crippen molar-refractivity contribution in [3.05, 3.63) is 42.1 Å². The smallest absolute Gasteiger partial charge is 0.417 e. The van der Waals surface area contributed by atoms with Crippen LogP contribution in [0.3, 0.4) is 0 Å². The minimum absolute atomic E-state index is 0.0426. The molecule has 142 valence electrons. The molecule has 0 aliphatic heterocycles. The lowest BCUT2D eigenvalue weighted by atomic mass is 10.0. The van der Waals surface area contributed by atoms with Crippen LogP contribution >= 0.6 is 0 Å². The Morgan fingerprint density at radius 2 is 1.73 bits per heavy atom. The SMILES string of the molecule is C[C@H](O)[C@@H](C)Oc1ncc(C(F)(F)F)cc1-c1ccc(S(C)(=O)=O)cc1. The zero-order valence-corrected chi connectivity index (χ0v) is 15.1. The van der Waals surface area contributed by atoms with Crippen molar-refractivity contribution in [3.63, 3.8) is 0 Å². The lowest BCUT2D eigenvalue weighted by molar-refractivity contribution is -0.137. The van der Waals surface area contributed by atoms with Crippen LogP contribution in [-0.2, 0) is 16.0 Å². The van der Waals surface area contributed by atoms with E-state index in [0.29, 0.717) is 11.8 Å². The molecule has 1 aromatic heterocycles. The van der Waals surface area contributed by atoms with E-state index in [4.69, 9.17) is 4.74 Å². The number of halogens is 3. The van der Waals surface area contributed by atoms with Crippen molar-refractivity contribution >= 4 is 9.84 Å². The molecule has 1 heterocycles. The average Bonchev–Trinajstić information content (AvgIpc) is 2.53. The van der Waals surface area contributed by atoms with Gasteiger partial charge in [-0.1, -0.05) is 12.1 Å². The summed E-state index contributed by atoms with van der Waals surface area (Å²) in [6, 6.07) is 6.24. The molecule has 1 N–H and O–H groups in total. The number of hydrogen-bond donors (Lipinski definition) is 1. The van der Waals surface area contributed by atoms with Crippen molar-refractivity contribution in [2.45, 2.75) is 37.1 Å². The van der Waals surface area contributed by atoms with Gasteiger partial charge in [0.25, 0.3) is 0 Å². The molecular formula is C17H18F3NO4S. The van der Waals surface area contributed by atoms with Gasteiger partial charge in [0, 0.05) is 18.0 Å². The number of aliphatic hydroxyl groups is 1. The first-order valence-corrected chi connectivity index (χ1v) is 9.51. The molecule has 9 heteroatoms. The molecule has 2 rings (SSSR count). The predicted octanol–water partition coefficient (Wildman–Crippen LogP) is 3.32. The maximum Gasteiger partial charge on any atom is 0.417 e. The summed E-state index contributed by atoms with van der Waals surface area (Å²) in [5.41, 5.74) is -0.604. The topological polar surface area (TPSA) is 76.5 Å². The van der Waals surface area contributed by atoms with E-state index in [1.165, 1.54) is 31.2 Å². The number of ether oxygens (including phenoxy) is 1. The van der Waals surface area contributed by atoms with Crippen molar-refractivity contribution in [2.75, 3.05) is 6.26 Å². The Bertz CT molecular complexity index is 878. The second-order valence-electron chi connectivity index (χ2n) is 5.93. The van der Waals surface area contributed by atoms with Crippen LogP contribution in [0.4, 0.5) is 13.2 Å².